The van der Waals surface area contributed by atoms with Gasteiger partial charge in [-0.1, -0.05) is 40.6 Å². The number of carbonyl (C=O) groups excluding carboxylic acids is 2. The number of nitrogens with zero attached hydrogens (tertiary/aromatic N) is 2. The molecule has 0 aliphatic rings. The summed E-state index contributed by atoms with van der Waals surface area (Å²) in [5.41, 5.74) is 7.40. The molecule has 10 heteroatoms. The molecule has 0 bridgehead atoms. The molecule has 0 saturated carbocycles. The van der Waals surface area contributed by atoms with Crippen LogP contribution in [0.4, 0.5) is 16.6 Å². The Morgan fingerprint density at radius 2 is 1.74 bits per heavy atom. The molecule has 0 aliphatic carbocycles. The van der Waals surface area contributed by atoms with Gasteiger partial charge in [-0.05, 0) is 50.5 Å². The van der Waals surface area contributed by atoms with Gasteiger partial charge in [0.05, 0.1) is 15.6 Å². The van der Waals surface area contributed by atoms with Gasteiger partial charge in [0, 0.05) is 24.3 Å². The molecule has 1 amide bonds. The van der Waals surface area contributed by atoms with Gasteiger partial charge in [0.2, 0.25) is 5.78 Å². The highest BCUT2D eigenvalue weighted by atomic mass is 35.5. The molecular weight excluding hydrogens is 457 g/mol. The van der Waals surface area contributed by atoms with Gasteiger partial charge in [0.1, 0.15) is 10.7 Å². The van der Waals surface area contributed by atoms with Gasteiger partial charge < -0.3 is 21.3 Å². The van der Waals surface area contributed by atoms with E-state index in [0.717, 1.165) is 17.9 Å². The molecule has 0 fully saturated rings. The molecule has 3 aromatic rings. The first-order chi connectivity index (χ1) is 14.8. The number of amides is 1. The van der Waals surface area contributed by atoms with E-state index in [1.807, 2.05) is 19.0 Å². The minimum absolute atomic E-state index is 0.0883. The molecule has 3 rings (SSSR count). The van der Waals surface area contributed by atoms with E-state index in [9.17, 15) is 9.59 Å². The molecule has 2 aromatic carbocycles. The SMILES string of the molecule is CN(C)CCNC(=O)c1ccc(Nc2nc(N)c(C(=O)c3c(Cl)cccc3Cl)s2)cc1. The number of rotatable bonds is 8. The van der Waals surface area contributed by atoms with Crippen molar-refractivity contribution >= 4 is 62.9 Å². The Balaban J connectivity index is 1.70. The van der Waals surface area contributed by atoms with E-state index < -0.39 is 0 Å². The number of benzene rings is 2. The molecular formula is C21H21Cl2N5O2S. The van der Waals surface area contributed by atoms with E-state index in [2.05, 4.69) is 15.6 Å². The molecule has 0 saturated heterocycles. The molecule has 162 valence electrons. The maximum atomic E-state index is 12.9. The Kier molecular flexibility index (Phi) is 7.50. The van der Waals surface area contributed by atoms with Crippen LogP contribution in [-0.2, 0) is 0 Å². The van der Waals surface area contributed by atoms with Crippen molar-refractivity contribution in [2.24, 2.45) is 0 Å². The zero-order valence-electron chi connectivity index (χ0n) is 16.9. The third-order valence-corrected chi connectivity index (χ3v) is 5.91. The van der Waals surface area contributed by atoms with Gasteiger partial charge in [-0.3, -0.25) is 9.59 Å². The lowest BCUT2D eigenvalue weighted by Gasteiger charge is -2.10. The first kappa shape index (κ1) is 23.0. The van der Waals surface area contributed by atoms with Crippen LogP contribution in [0.2, 0.25) is 10.0 Å². The molecule has 0 aliphatic heterocycles. The van der Waals surface area contributed by atoms with Crippen LogP contribution in [-0.4, -0.2) is 48.8 Å². The maximum absolute atomic E-state index is 12.9. The summed E-state index contributed by atoms with van der Waals surface area (Å²) in [5.74, 6) is -0.440. The van der Waals surface area contributed by atoms with Gasteiger partial charge in [-0.2, -0.15) is 0 Å². The predicted octanol–water partition coefficient (Wildman–Crippen LogP) is 4.30. The lowest BCUT2D eigenvalue weighted by molar-refractivity contribution is 0.0950. The molecule has 31 heavy (non-hydrogen) atoms. The summed E-state index contributed by atoms with van der Waals surface area (Å²) < 4.78 is 0. The zero-order valence-corrected chi connectivity index (χ0v) is 19.2. The van der Waals surface area contributed by atoms with E-state index in [0.29, 0.717) is 22.9 Å². The summed E-state index contributed by atoms with van der Waals surface area (Å²) in [6.07, 6.45) is 0. The molecule has 1 aromatic heterocycles. The highest BCUT2D eigenvalue weighted by Gasteiger charge is 2.22. The quantitative estimate of drug-likeness (QED) is 0.418. The van der Waals surface area contributed by atoms with E-state index in [1.54, 1.807) is 42.5 Å². The Labute approximate surface area is 194 Å². The number of carbonyl (C=O) groups is 2. The van der Waals surface area contributed by atoms with Crippen LogP contribution in [0.5, 0.6) is 0 Å². The molecule has 0 unspecified atom stereocenters. The van der Waals surface area contributed by atoms with Crippen molar-refractivity contribution < 1.29 is 9.59 Å². The minimum atomic E-state index is -0.386. The number of hydrogen-bond acceptors (Lipinski definition) is 7. The fourth-order valence-electron chi connectivity index (χ4n) is 2.70. The number of nitrogens with one attached hydrogen (secondary N) is 2. The second kappa shape index (κ2) is 10.1. The van der Waals surface area contributed by atoms with Gasteiger partial charge in [-0.15, -0.1) is 0 Å². The van der Waals surface area contributed by atoms with Crippen LogP contribution in [0.3, 0.4) is 0 Å². The average molecular weight is 478 g/mol. The highest BCUT2D eigenvalue weighted by molar-refractivity contribution is 7.18. The standard InChI is InChI=1S/C21H21Cl2N5O2S/c1-28(2)11-10-25-20(30)12-6-8-13(9-7-12)26-21-27-19(24)18(31-21)17(29)16-14(22)4-3-5-15(16)23/h3-9H,10-11,24H2,1-2H3,(H,25,30)(H,26,27). The van der Waals surface area contributed by atoms with Crippen molar-refractivity contribution in [3.63, 3.8) is 0 Å². The summed E-state index contributed by atoms with van der Waals surface area (Å²) in [4.78, 5) is 31.5. The summed E-state index contributed by atoms with van der Waals surface area (Å²) in [7, 11) is 3.89. The molecule has 1 heterocycles. The van der Waals surface area contributed by atoms with Crippen LogP contribution in [0, 0.1) is 0 Å². The molecule has 0 spiro atoms. The van der Waals surface area contributed by atoms with E-state index in [4.69, 9.17) is 28.9 Å². The van der Waals surface area contributed by atoms with Crippen LogP contribution in [0.25, 0.3) is 0 Å². The van der Waals surface area contributed by atoms with Gasteiger partial charge >= 0.3 is 0 Å². The molecule has 0 radical (unpaired) electrons. The van der Waals surface area contributed by atoms with Crippen molar-refractivity contribution in [1.29, 1.82) is 0 Å². The summed E-state index contributed by atoms with van der Waals surface area (Å²) >= 11 is 13.4. The van der Waals surface area contributed by atoms with Crippen molar-refractivity contribution in [3.8, 4) is 0 Å². The zero-order chi connectivity index (χ0) is 22.5. The Hall–Kier alpha value is -2.65. The number of nitrogen functional groups attached to an aromatic ring is 1. The van der Waals surface area contributed by atoms with E-state index in [1.165, 1.54) is 0 Å². The van der Waals surface area contributed by atoms with Crippen molar-refractivity contribution in [3.05, 3.63) is 68.5 Å². The monoisotopic (exact) mass is 477 g/mol. The van der Waals surface area contributed by atoms with Crippen molar-refractivity contribution in [1.82, 2.24) is 15.2 Å². The van der Waals surface area contributed by atoms with Crippen molar-refractivity contribution in [2.45, 2.75) is 0 Å². The van der Waals surface area contributed by atoms with Crippen LogP contribution < -0.4 is 16.4 Å². The number of likely N-dealkylation sites (N-methyl/N-ethyl adjacent to an activating group) is 1. The number of nitrogens with two attached hydrogens (primary N) is 1. The summed E-state index contributed by atoms with van der Waals surface area (Å²) in [6.45, 7) is 1.33. The Morgan fingerprint density at radius 3 is 2.35 bits per heavy atom. The third kappa shape index (κ3) is 5.74. The fraction of sp³-hybridized carbons (Fsp3) is 0.190. The summed E-state index contributed by atoms with van der Waals surface area (Å²) in [6, 6.07) is 11.8. The van der Waals surface area contributed by atoms with E-state index in [-0.39, 0.29) is 38.0 Å². The Morgan fingerprint density at radius 1 is 1.10 bits per heavy atom. The number of anilines is 3. The fourth-order valence-corrected chi connectivity index (χ4v) is 4.12. The number of aromatic nitrogens is 1. The van der Waals surface area contributed by atoms with Gasteiger partial charge in [0.25, 0.3) is 5.91 Å². The average Bonchev–Trinajstić information content (AvgIpc) is 3.08. The van der Waals surface area contributed by atoms with Crippen LogP contribution >= 0.6 is 34.5 Å². The van der Waals surface area contributed by atoms with Gasteiger partial charge in [-0.25, -0.2) is 4.98 Å². The number of hydrogen-bond donors (Lipinski definition) is 3. The highest BCUT2D eigenvalue weighted by Crippen LogP contribution is 2.33. The van der Waals surface area contributed by atoms with Crippen molar-refractivity contribution in [2.75, 3.05) is 38.2 Å². The maximum Gasteiger partial charge on any atom is 0.251 e. The topological polar surface area (TPSA) is 100 Å². The number of ketones is 1. The van der Waals surface area contributed by atoms with E-state index >= 15 is 0 Å². The predicted molar refractivity (Wildman–Crippen MR) is 127 cm³/mol. The smallest absolute Gasteiger partial charge is 0.251 e. The molecule has 7 nitrogen and oxygen atoms in total. The second-order valence-electron chi connectivity index (χ2n) is 6.92. The molecule has 4 N–H and O–H groups in total. The normalized spacial score (nSPS) is 10.9. The second-order valence-corrected chi connectivity index (χ2v) is 8.73. The minimum Gasteiger partial charge on any atom is -0.382 e. The summed E-state index contributed by atoms with van der Waals surface area (Å²) in [5, 5.41) is 6.89. The van der Waals surface area contributed by atoms with Gasteiger partial charge in [0.15, 0.2) is 5.13 Å². The number of halogens is 2. The van der Waals surface area contributed by atoms with Crippen LogP contribution in [0.1, 0.15) is 25.6 Å². The first-order valence-electron chi connectivity index (χ1n) is 9.31. The lowest BCUT2D eigenvalue weighted by Crippen LogP contribution is -2.31. The largest absolute Gasteiger partial charge is 0.382 e. The first-order valence-corrected chi connectivity index (χ1v) is 10.9. The third-order valence-electron chi connectivity index (χ3n) is 4.29. The lowest BCUT2D eigenvalue weighted by atomic mass is 10.1. The molecule has 0 atom stereocenters. The number of thiazole rings is 1. The Bertz CT molecular complexity index is 1080. The van der Waals surface area contributed by atoms with Crippen LogP contribution in [0.15, 0.2) is 42.5 Å².